The van der Waals surface area contributed by atoms with E-state index < -0.39 is 11.4 Å². The maximum Gasteiger partial charge on any atom is 0.314 e. The lowest BCUT2D eigenvalue weighted by Gasteiger charge is -2.34. The van der Waals surface area contributed by atoms with Gasteiger partial charge in [-0.15, -0.1) is 0 Å². The lowest BCUT2D eigenvalue weighted by molar-refractivity contribution is -0.144. The number of benzene rings is 2. The zero-order chi connectivity index (χ0) is 18.2. The van der Waals surface area contributed by atoms with E-state index in [1.807, 2.05) is 48.5 Å². The Morgan fingerprint density at radius 1 is 0.885 bits per heavy atom. The van der Waals surface area contributed by atoms with E-state index in [2.05, 4.69) is 17.0 Å². The van der Waals surface area contributed by atoms with Crippen molar-refractivity contribution in [3.8, 4) is 0 Å². The monoisotopic (exact) mass is 351 g/mol. The summed E-state index contributed by atoms with van der Waals surface area (Å²) in [6, 6.07) is 20.0. The van der Waals surface area contributed by atoms with Gasteiger partial charge in [-0.3, -0.25) is 4.79 Å². The molecule has 0 aromatic heterocycles. The Bertz CT molecular complexity index is 680. The largest absolute Gasteiger partial charge is 0.481 e. The van der Waals surface area contributed by atoms with Crippen LogP contribution >= 0.6 is 0 Å². The number of hydrogen-bond donors (Lipinski definition) is 1. The molecule has 0 radical (unpaired) electrons. The fourth-order valence-corrected chi connectivity index (χ4v) is 4.04. The zero-order valence-corrected chi connectivity index (χ0v) is 15.4. The van der Waals surface area contributed by atoms with Crippen molar-refractivity contribution in [2.75, 3.05) is 19.6 Å². The normalized spacial score (nSPS) is 17.5. The Hall–Kier alpha value is -2.13. The molecule has 3 rings (SSSR count). The van der Waals surface area contributed by atoms with Gasteiger partial charge in [0, 0.05) is 0 Å². The molecule has 0 aliphatic carbocycles. The molecule has 0 bridgehead atoms. The van der Waals surface area contributed by atoms with Crippen LogP contribution in [0.4, 0.5) is 0 Å². The van der Waals surface area contributed by atoms with Crippen LogP contribution in [0.15, 0.2) is 60.7 Å². The molecule has 26 heavy (non-hydrogen) atoms. The van der Waals surface area contributed by atoms with Crippen molar-refractivity contribution in [1.82, 2.24) is 4.90 Å². The number of piperidine rings is 1. The summed E-state index contributed by atoms with van der Waals surface area (Å²) in [5, 5.41) is 10.3. The van der Waals surface area contributed by atoms with Gasteiger partial charge in [0.25, 0.3) is 0 Å². The number of hydrogen-bond acceptors (Lipinski definition) is 2. The summed E-state index contributed by atoms with van der Waals surface area (Å²) >= 11 is 0. The number of carbonyl (C=O) groups is 1. The van der Waals surface area contributed by atoms with Crippen LogP contribution in [0.3, 0.4) is 0 Å². The fraction of sp³-hybridized carbons (Fsp3) is 0.435. The lowest BCUT2D eigenvalue weighted by atomic mass is 9.73. The number of rotatable bonds is 8. The summed E-state index contributed by atoms with van der Waals surface area (Å²) in [7, 11) is 0. The minimum absolute atomic E-state index is 0.629. The van der Waals surface area contributed by atoms with E-state index in [1.165, 1.54) is 24.8 Å². The molecule has 1 atom stereocenters. The fourth-order valence-electron chi connectivity index (χ4n) is 4.04. The van der Waals surface area contributed by atoms with Gasteiger partial charge >= 0.3 is 5.97 Å². The number of nitrogens with zero attached hydrogens (tertiary/aromatic N) is 1. The molecular formula is C23H29NO2. The van der Waals surface area contributed by atoms with Crippen LogP contribution in [0.5, 0.6) is 0 Å². The quantitative estimate of drug-likeness (QED) is 0.760. The van der Waals surface area contributed by atoms with Gasteiger partial charge in [-0.1, -0.05) is 67.1 Å². The molecule has 2 aromatic carbocycles. The van der Waals surface area contributed by atoms with E-state index in [4.69, 9.17) is 0 Å². The molecule has 138 valence electrons. The Balaban J connectivity index is 1.81. The summed E-state index contributed by atoms with van der Waals surface area (Å²) in [6.07, 6.45) is 5.84. The molecule has 1 saturated heterocycles. The highest BCUT2D eigenvalue weighted by atomic mass is 16.4. The number of carboxylic acids is 1. The molecule has 0 spiro atoms. The highest BCUT2D eigenvalue weighted by Gasteiger charge is 2.40. The third-order valence-electron chi connectivity index (χ3n) is 5.72. The predicted molar refractivity (Wildman–Crippen MR) is 105 cm³/mol. The first-order valence-electron chi connectivity index (χ1n) is 9.76. The summed E-state index contributed by atoms with van der Waals surface area (Å²) in [4.78, 5) is 14.9. The van der Waals surface area contributed by atoms with Gasteiger partial charge in [-0.2, -0.15) is 0 Å². The van der Waals surface area contributed by atoms with Crippen LogP contribution in [0, 0.1) is 0 Å². The highest BCUT2D eigenvalue weighted by Crippen LogP contribution is 2.34. The molecule has 1 heterocycles. The minimum atomic E-state index is -0.825. The van der Waals surface area contributed by atoms with Gasteiger partial charge in [0.15, 0.2) is 0 Å². The Morgan fingerprint density at radius 3 is 2.12 bits per heavy atom. The zero-order valence-electron chi connectivity index (χ0n) is 15.4. The molecule has 1 unspecified atom stereocenters. The highest BCUT2D eigenvalue weighted by molar-refractivity contribution is 5.81. The average molecular weight is 351 g/mol. The van der Waals surface area contributed by atoms with Crippen molar-refractivity contribution in [2.45, 2.75) is 43.9 Å². The van der Waals surface area contributed by atoms with Crippen LogP contribution in [0.25, 0.3) is 0 Å². The SMILES string of the molecule is O=C(O)C(CCc1ccccc1)(CCN1CCCCC1)c1ccccc1. The summed E-state index contributed by atoms with van der Waals surface area (Å²) in [6.45, 7) is 3.06. The van der Waals surface area contributed by atoms with E-state index in [0.717, 1.165) is 31.6 Å². The molecule has 0 saturated carbocycles. The molecule has 1 aliphatic rings. The number of aliphatic carboxylic acids is 1. The van der Waals surface area contributed by atoms with Crippen molar-refractivity contribution < 1.29 is 9.90 Å². The van der Waals surface area contributed by atoms with E-state index in [0.29, 0.717) is 12.8 Å². The first kappa shape index (κ1) is 18.7. The van der Waals surface area contributed by atoms with Crippen molar-refractivity contribution >= 4 is 5.97 Å². The van der Waals surface area contributed by atoms with Crippen molar-refractivity contribution in [3.05, 3.63) is 71.8 Å². The summed E-state index contributed by atoms with van der Waals surface area (Å²) in [5.74, 6) is -0.698. The molecule has 3 nitrogen and oxygen atoms in total. The average Bonchev–Trinajstić information content (AvgIpc) is 2.70. The number of carboxylic acid groups (broad SMARTS) is 1. The van der Waals surface area contributed by atoms with Crippen molar-refractivity contribution in [1.29, 1.82) is 0 Å². The van der Waals surface area contributed by atoms with Gasteiger partial charge in [-0.25, -0.2) is 0 Å². The summed E-state index contributed by atoms with van der Waals surface area (Å²) < 4.78 is 0. The standard InChI is InChI=1S/C23H29NO2/c25-22(26)23(21-12-6-2-7-13-21,15-14-20-10-4-1-5-11-20)16-19-24-17-8-3-9-18-24/h1-2,4-7,10-13H,3,8-9,14-19H2,(H,25,26). The second kappa shape index (κ2) is 9.00. The van der Waals surface area contributed by atoms with Crippen LogP contribution in [-0.4, -0.2) is 35.6 Å². The number of likely N-dealkylation sites (tertiary alicyclic amines) is 1. The Labute approximate surface area is 156 Å². The second-order valence-electron chi connectivity index (χ2n) is 7.39. The molecule has 1 aliphatic heterocycles. The summed E-state index contributed by atoms with van der Waals surface area (Å²) in [5.41, 5.74) is 1.31. The van der Waals surface area contributed by atoms with E-state index in [-0.39, 0.29) is 0 Å². The second-order valence-corrected chi connectivity index (χ2v) is 7.39. The molecular weight excluding hydrogens is 322 g/mol. The predicted octanol–water partition coefficient (Wildman–Crippen LogP) is 4.52. The van der Waals surface area contributed by atoms with E-state index >= 15 is 0 Å². The third-order valence-corrected chi connectivity index (χ3v) is 5.72. The van der Waals surface area contributed by atoms with Crippen molar-refractivity contribution in [3.63, 3.8) is 0 Å². The van der Waals surface area contributed by atoms with E-state index in [1.54, 1.807) is 0 Å². The molecule has 1 N–H and O–H groups in total. The third kappa shape index (κ3) is 4.53. The topological polar surface area (TPSA) is 40.5 Å². The minimum Gasteiger partial charge on any atom is -0.481 e. The molecule has 3 heteroatoms. The first-order valence-corrected chi connectivity index (χ1v) is 9.76. The maximum absolute atomic E-state index is 12.5. The number of aryl methyl sites for hydroxylation is 1. The first-order chi connectivity index (χ1) is 12.7. The van der Waals surface area contributed by atoms with Crippen LogP contribution in [0.2, 0.25) is 0 Å². The molecule has 0 amide bonds. The molecule has 1 fully saturated rings. The van der Waals surface area contributed by atoms with Gasteiger partial charge in [0.05, 0.1) is 5.41 Å². The van der Waals surface area contributed by atoms with Gasteiger partial charge < -0.3 is 10.0 Å². The van der Waals surface area contributed by atoms with Gasteiger partial charge in [0.1, 0.15) is 0 Å². The molecule has 2 aromatic rings. The van der Waals surface area contributed by atoms with Crippen molar-refractivity contribution in [2.24, 2.45) is 0 Å². The Morgan fingerprint density at radius 2 is 1.50 bits per heavy atom. The van der Waals surface area contributed by atoms with Crippen LogP contribution in [0.1, 0.15) is 43.2 Å². The van der Waals surface area contributed by atoms with Crippen LogP contribution in [-0.2, 0) is 16.6 Å². The maximum atomic E-state index is 12.5. The van der Waals surface area contributed by atoms with Crippen LogP contribution < -0.4 is 0 Å². The smallest absolute Gasteiger partial charge is 0.314 e. The van der Waals surface area contributed by atoms with Gasteiger partial charge in [-0.05, 0) is 62.9 Å². The lowest BCUT2D eigenvalue weighted by Crippen LogP contribution is -2.41. The van der Waals surface area contributed by atoms with Gasteiger partial charge in [0.2, 0.25) is 0 Å². The Kier molecular flexibility index (Phi) is 6.45. The van der Waals surface area contributed by atoms with E-state index in [9.17, 15) is 9.90 Å².